The molecule has 3 nitrogen and oxygen atoms in total. The summed E-state index contributed by atoms with van der Waals surface area (Å²) in [7, 11) is 1.84. The highest BCUT2D eigenvalue weighted by Crippen LogP contribution is 2.37. The molecule has 0 spiro atoms. The summed E-state index contributed by atoms with van der Waals surface area (Å²) >= 11 is 2.14. The summed E-state index contributed by atoms with van der Waals surface area (Å²) in [4.78, 5) is 2.70. The van der Waals surface area contributed by atoms with E-state index in [9.17, 15) is 0 Å². The molecule has 1 saturated heterocycles. The van der Waals surface area contributed by atoms with Crippen molar-refractivity contribution >= 4 is 11.8 Å². The van der Waals surface area contributed by atoms with E-state index in [4.69, 9.17) is 10.5 Å². The van der Waals surface area contributed by atoms with Crippen LogP contribution in [0, 0.1) is 0 Å². The van der Waals surface area contributed by atoms with Crippen LogP contribution in [-0.2, 0) is 4.74 Å². The number of ether oxygens (including phenoxy) is 1. The highest BCUT2D eigenvalue weighted by molar-refractivity contribution is 8.00. The first-order valence-electron chi connectivity index (χ1n) is 7.33. The lowest BCUT2D eigenvalue weighted by molar-refractivity contribution is -0.00572. The van der Waals surface area contributed by atoms with Gasteiger partial charge in [0.25, 0.3) is 0 Å². The molecule has 1 aliphatic carbocycles. The second-order valence-electron chi connectivity index (χ2n) is 5.71. The Hall–Kier alpha value is 0.230. The van der Waals surface area contributed by atoms with Crippen LogP contribution in [0.5, 0.6) is 0 Å². The van der Waals surface area contributed by atoms with Crippen LogP contribution in [0.25, 0.3) is 0 Å². The first kappa shape index (κ1) is 14.6. The van der Waals surface area contributed by atoms with Crippen molar-refractivity contribution in [3.05, 3.63) is 0 Å². The maximum absolute atomic E-state index is 6.15. The van der Waals surface area contributed by atoms with Crippen LogP contribution >= 0.6 is 11.8 Å². The molecule has 2 N–H and O–H groups in total. The fourth-order valence-corrected chi connectivity index (χ4v) is 4.59. The Bertz CT molecular complexity index is 254. The van der Waals surface area contributed by atoms with Crippen molar-refractivity contribution in [2.75, 3.05) is 32.5 Å². The smallest absolute Gasteiger partial charge is 0.0572 e. The van der Waals surface area contributed by atoms with E-state index < -0.39 is 0 Å². The average Bonchev–Trinajstić information content (AvgIpc) is 2.47. The minimum atomic E-state index is 0.267. The van der Waals surface area contributed by atoms with E-state index in [1.54, 1.807) is 0 Å². The standard InChI is InChI=1S/C14H28N2OS/c1-3-13-10-16(8-9-18-13)14(11-15)6-4-12(17-2)5-7-14/h12-13H,3-11,15H2,1-2H3. The van der Waals surface area contributed by atoms with Crippen molar-refractivity contribution in [3.8, 4) is 0 Å². The van der Waals surface area contributed by atoms with Crippen molar-refractivity contribution in [2.45, 2.75) is 55.9 Å². The monoisotopic (exact) mass is 272 g/mol. The summed E-state index contributed by atoms with van der Waals surface area (Å²) in [5.41, 5.74) is 6.42. The van der Waals surface area contributed by atoms with Crippen LogP contribution in [0.2, 0.25) is 0 Å². The zero-order valence-corrected chi connectivity index (χ0v) is 12.7. The molecule has 0 aromatic rings. The van der Waals surface area contributed by atoms with Crippen LogP contribution in [-0.4, -0.2) is 54.3 Å². The van der Waals surface area contributed by atoms with Crippen LogP contribution < -0.4 is 5.73 Å². The number of rotatable bonds is 4. The molecular weight excluding hydrogens is 244 g/mol. The van der Waals surface area contributed by atoms with E-state index in [0.717, 1.165) is 11.8 Å². The predicted molar refractivity (Wildman–Crippen MR) is 79.2 cm³/mol. The van der Waals surface area contributed by atoms with Crippen LogP contribution in [0.1, 0.15) is 39.0 Å². The molecule has 2 fully saturated rings. The van der Waals surface area contributed by atoms with Crippen molar-refractivity contribution in [1.82, 2.24) is 4.90 Å². The molecule has 1 saturated carbocycles. The molecule has 0 amide bonds. The summed E-state index contributed by atoms with van der Waals surface area (Å²) in [5, 5.41) is 0.808. The van der Waals surface area contributed by atoms with E-state index in [0.29, 0.717) is 6.10 Å². The second kappa shape index (κ2) is 6.60. The highest BCUT2D eigenvalue weighted by atomic mass is 32.2. The van der Waals surface area contributed by atoms with Crippen molar-refractivity contribution < 1.29 is 4.74 Å². The van der Waals surface area contributed by atoms with Gasteiger partial charge in [0.05, 0.1) is 6.10 Å². The number of hydrogen-bond acceptors (Lipinski definition) is 4. The average molecular weight is 272 g/mol. The normalized spacial score (nSPS) is 38.8. The minimum Gasteiger partial charge on any atom is -0.381 e. The molecule has 0 radical (unpaired) electrons. The van der Waals surface area contributed by atoms with Gasteiger partial charge in [-0.2, -0.15) is 11.8 Å². The van der Waals surface area contributed by atoms with E-state index in [1.165, 1.54) is 50.9 Å². The Morgan fingerprint density at radius 3 is 2.67 bits per heavy atom. The van der Waals surface area contributed by atoms with Gasteiger partial charge in [0.2, 0.25) is 0 Å². The highest BCUT2D eigenvalue weighted by Gasteiger charge is 2.40. The molecule has 1 unspecified atom stereocenters. The molecule has 1 aliphatic heterocycles. The lowest BCUT2D eigenvalue weighted by Crippen LogP contribution is -2.59. The molecule has 0 bridgehead atoms. The maximum atomic E-state index is 6.15. The van der Waals surface area contributed by atoms with Gasteiger partial charge in [0, 0.05) is 43.3 Å². The van der Waals surface area contributed by atoms with Gasteiger partial charge in [-0.05, 0) is 32.1 Å². The summed E-state index contributed by atoms with van der Waals surface area (Å²) in [6.45, 7) is 5.56. The third kappa shape index (κ3) is 3.03. The van der Waals surface area contributed by atoms with Gasteiger partial charge in [-0.15, -0.1) is 0 Å². The lowest BCUT2D eigenvalue weighted by Gasteiger charge is -2.50. The van der Waals surface area contributed by atoms with Gasteiger partial charge in [-0.25, -0.2) is 0 Å². The summed E-state index contributed by atoms with van der Waals surface area (Å²) < 4.78 is 5.50. The van der Waals surface area contributed by atoms with Gasteiger partial charge >= 0.3 is 0 Å². The van der Waals surface area contributed by atoms with Crippen molar-refractivity contribution in [1.29, 1.82) is 0 Å². The van der Waals surface area contributed by atoms with E-state index in [2.05, 4.69) is 23.6 Å². The van der Waals surface area contributed by atoms with Gasteiger partial charge < -0.3 is 10.5 Å². The fourth-order valence-electron chi connectivity index (χ4n) is 3.41. The zero-order valence-electron chi connectivity index (χ0n) is 11.9. The zero-order chi connectivity index (χ0) is 13.0. The lowest BCUT2D eigenvalue weighted by atomic mass is 9.78. The number of thioether (sulfide) groups is 1. The number of nitrogens with zero attached hydrogens (tertiary/aromatic N) is 1. The molecule has 18 heavy (non-hydrogen) atoms. The molecule has 0 aromatic heterocycles. The Morgan fingerprint density at radius 2 is 2.11 bits per heavy atom. The third-order valence-corrected chi connectivity index (χ3v) is 6.21. The Balaban J connectivity index is 1.99. The number of methoxy groups -OCH3 is 1. The van der Waals surface area contributed by atoms with Crippen LogP contribution in [0.3, 0.4) is 0 Å². The van der Waals surface area contributed by atoms with Crippen LogP contribution in [0.15, 0.2) is 0 Å². The van der Waals surface area contributed by atoms with E-state index >= 15 is 0 Å². The quantitative estimate of drug-likeness (QED) is 0.850. The largest absolute Gasteiger partial charge is 0.381 e. The van der Waals surface area contributed by atoms with Crippen molar-refractivity contribution in [2.24, 2.45) is 5.73 Å². The number of hydrogen-bond donors (Lipinski definition) is 1. The third-order valence-electron chi connectivity index (χ3n) is 4.84. The minimum absolute atomic E-state index is 0.267. The summed E-state index contributed by atoms with van der Waals surface area (Å²) in [6.07, 6.45) is 6.52. The Kier molecular flexibility index (Phi) is 5.36. The van der Waals surface area contributed by atoms with Gasteiger partial charge in [0.15, 0.2) is 0 Å². The van der Waals surface area contributed by atoms with Crippen molar-refractivity contribution in [3.63, 3.8) is 0 Å². The molecule has 2 aliphatic rings. The van der Waals surface area contributed by atoms with E-state index in [1.807, 2.05) is 7.11 Å². The fraction of sp³-hybridized carbons (Fsp3) is 1.00. The van der Waals surface area contributed by atoms with Gasteiger partial charge in [-0.3, -0.25) is 4.90 Å². The number of nitrogens with two attached hydrogens (primary N) is 1. The molecule has 1 atom stereocenters. The molecule has 4 heteroatoms. The van der Waals surface area contributed by atoms with Gasteiger partial charge in [-0.1, -0.05) is 6.92 Å². The molecular formula is C14H28N2OS. The van der Waals surface area contributed by atoms with Crippen LogP contribution in [0.4, 0.5) is 0 Å². The van der Waals surface area contributed by atoms with E-state index in [-0.39, 0.29) is 5.54 Å². The Labute approximate surface area is 116 Å². The second-order valence-corrected chi connectivity index (χ2v) is 7.12. The molecule has 1 heterocycles. The van der Waals surface area contributed by atoms with Gasteiger partial charge in [0.1, 0.15) is 0 Å². The predicted octanol–water partition coefficient (Wildman–Crippen LogP) is 2.10. The maximum Gasteiger partial charge on any atom is 0.0572 e. The summed E-state index contributed by atoms with van der Waals surface area (Å²) in [5.74, 6) is 1.27. The summed E-state index contributed by atoms with van der Waals surface area (Å²) in [6, 6.07) is 0. The molecule has 106 valence electrons. The topological polar surface area (TPSA) is 38.5 Å². The Morgan fingerprint density at radius 1 is 1.39 bits per heavy atom. The molecule has 2 rings (SSSR count). The first-order chi connectivity index (χ1) is 8.74. The SMILES string of the molecule is CCC1CN(C2(CN)CCC(OC)CC2)CCS1. The molecule has 0 aromatic carbocycles. The first-order valence-corrected chi connectivity index (χ1v) is 8.38.